The van der Waals surface area contributed by atoms with Gasteiger partial charge in [-0.15, -0.1) is 0 Å². The first-order valence-corrected chi connectivity index (χ1v) is 11.4. The van der Waals surface area contributed by atoms with Crippen LogP contribution >= 0.6 is 12.2 Å². The second-order valence-corrected chi connectivity index (χ2v) is 8.43. The van der Waals surface area contributed by atoms with Gasteiger partial charge >= 0.3 is 0 Å². The summed E-state index contributed by atoms with van der Waals surface area (Å²) in [5.74, 6) is -1.28. The zero-order valence-electron chi connectivity index (χ0n) is 19.6. The van der Waals surface area contributed by atoms with Gasteiger partial charge in [0.15, 0.2) is 10.8 Å². The number of para-hydroxylation sites is 1. The first-order chi connectivity index (χ1) is 17.3. The van der Waals surface area contributed by atoms with Crippen molar-refractivity contribution in [2.75, 3.05) is 12.0 Å². The number of ether oxygens (including phenoxy) is 1. The normalized spacial score (nSPS) is 14.0. The molecular weight excluding hydrogens is 480 g/mol. The first kappa shape index (κ1) is 23.2. The fourth-order valence-corrected chi connectivity index (χ4v) is 4.50. The maximum atomic E-state index is 13.0. The van der Waals surface area contributed by atoms with Crippen LogP contribution in [0.2, 0.25) is 0 Å². The first-order valence-electron chi connectivity index (χ1n) is 11.0. The van der Waals surface area contributed by atoms with E-state index in [4.69, 9.17) is 27.0 Å². The van der Waals surface area contributed by atoms with E-state index < -0.39 is 24.1 Å². The number of amides is 3. The fourth-order valence-electron chi connectivity index (χ4n) is 4.09. The number of nitrogens with zero attached hydrogens (tertiary/aromatic N) is 6. The average molecular weight is 501 g/mol. The van der Waals surface area contributed by atoms with Crippen LogP contribution in [0.15, 0.2) is 54.6 Å². The quantitative estimate of drug-likeness (QED) is 0.310. The Morgan fingerprint density at radius 1 is 1.00 bits per heavy atom. The zero-order valence-corrected chi connectivity index (χ0v) is 20.4. The Labute approximate surface area is 211 Å². The molecule has 180 valence electrons. The molecule has 1 aliphatic heterocycles. The van der Waals surface area contributed by atoms with Crippen LogP contribution in [0.5, 0.6) is 5.75 Å². The van der Waals surface area contributed by atoms with Gasteiger partial charge in [-0.25, -0.2) is 19.5 Å². The largest absolute Gasteiger partial charge is 0.497 e. The van der Waals surface area contributed by atoms with Crippen LogP contribution in [0.4, 0.5) is 5.95 Å². The van der Waals surface area contributed by atoms with Crippen molar-refractivity contribution in [1.82, 2.24) is 24.6 Å². The van der Waals surface area contributed by atoms with E-state index in [1.165, 1.54) is 6.92 Å². The molecule has 4 aromatic rings. The standard InChI is InChI=1S/C25H20N6O4S/c1-14-21-22(16-9-11-18(35-3)12-10-16)26-24(27-23(21)31(28-14)17-7-5-4-6-8-17)30-20(34)13-19(33)29(15(2)32)25(30)36/h4-12H,13H2,1-3H3. The van der Waals surface area contributed by atoms with Crippen LogP contribution < -0.4 is 9.64 Å². The van der Waals surface area contributed by atoms with E-state index in [2.05, 4.69) is 4.98 Å². The van der Waals surface area contributed by atoms with Crippen molar-refractivity contribution in [1.29, 1.82) is 0 Å². The van der Waals surface area contributed by atoms with Crippen molar-refractivity contribution in [3.63, 3.8) is 0 Å². The van der Waals surface area contributed by atoms with Crippen molar-refractivity contribution in [3.8, 4) is 22.7 Å². The number of hydrogen-bond acceptors (Lipinski definition) is 8. The van der Waals surface area contributed by atoms with Crippen molar-refractivity contribution in [3.05, 3.63) is 60.3 Å². The van der Waals surface area contributed by atoms with E-state index in [0.717, 1.165) is 21.1 Å². The van der Waals surface area contributed by atoms with Crippen molar-refractivity contribution < 1.29 is 19.1 Å². The molecule has 11 heteroatoms. The topological polar surface area (TPSA) is 111 Å². The molecule has 0 unspecified atom stereocenters. The molecule has 0 atom stereocenters. The molecule has 0 aliphatic carbocycles. The number of imide groups is 1. The van der Waals surface area contributed by atoms with Crippen LogP contribution in [0.25, 0.3) is 28.0 Å². The van der Waals surface area contributed by atoms with Gasteiger partial charge in [-0.2, -0.15) is 10.1 Å². The monoisotopic (exact) mass is 500 g/mol. The van der Waals surface area contributed by atoms with Crippen LogP contribution in [0.3, 0.4) is 0 Å². The molecule has 2 aromatic carbocycles. The molecule has 1 aliphatic rings. The van der Waals surface area contributed by atoms with Gasteiger partial charge in [-0.1, -0.05) is 18.2 Å². The Balaban J connectivity index is 1.78. The fraction of sp³-hybridized carbons (Fsp3) is 0.160. The Morgan fingerprint density at radius 3 is 2.33 bits per heavy atom. The summed E-state index contributed by atoms with van der Waals surface area (Å²) in [5.41, 5.74) is 3.12. The molecule has 36 heavy (non-hydrogen) atoms. The second kappa shape index (κ2) is 8.93. The molecule has 0 radical (unpaired) electrons. The lowest BCUT2D eigenvalue weighted by Gasteiger charge is -2.32. The molecule has 2 aromatic heterocycles. The van der Waals surface area contributed by atoms with Crippen molar-refractivity contribution in [2.24, 2.45) is 0 Å². The molecule has 0 saturated carbocycles. The van der Waals surface area contributed by atoms with Crippen molar-refractivity contribution >= 4 is 52.0 Å². The predicted molar refractivity (Wildman–Crippen MR) is 136 cm³/mol. The number of carbonyl (C=O) groups is 3. The molecule has 0 bridgehead atoms. The number of aryl methyl sites for hydroxylation is 1. The van der Waals surface area contributed by atoms with Gasteiger partial charge < -0.3 is 4.74 Å². The summed E-state index contributed by atoms with van der Waals surface area (Å²) in [6, 6.07) is 16.7. The summed E-state index contributed by atoms with van der Waals surface area (Å²) in [7, 11) is 1.58. The van der Waals surface area contributed by atoms with E-state index in [1.54, 1.807) is 23.9 Å². The van der Waals surface area contributed by atoms with Crippen LogP contribution in [0.1, 0.15) is 19.0 Å². The molecular formula is C25H20N6O4S. The van der Waals surface area contributed by atoms with Gasteiger partial charge in [0, 0.05) is 12.5 Å². The van der Waals surface area contributed by atoms with Crippen molar-refractivity contribution in [2.45, 2.75) is 20.3 Å². The maximum Gasteiger partial charge on any atom is 0.245 e. The molecule has 10 nitrogen and oxygen atoms in total. The third-order valence-electron chi connectivity index (χ3n) is 5.75. The summed E-state index contributed by atoms with van der Waals surface area (Å²) in [5, 5.41) is 5.09. The highest BCUT2D eigenvalue weighted by Crippen LogP contribution is 2.33. The number of methoxy groups -OCH3 is 1. The number of carbonyl (C=O) groups excluding carboxylic acids is 3. The Morgan fingerprint density at radius 2 is 1.69 bits per heavy atom. The molecule has 0 N–H and O–H groups in total. The Hall–Kier alpha value is -4.51. The third kappa shape index (κ3) is 3.79. The van der Waals surface area contributed by atoms with E-state index in [0.29, 0.717) is 28.2 Å². The molecule has 3 amide bonds. The SMILES string of the molecule is COc1ccc(-c2nc(N3C(=O)CC(=O)N(C(C)=O)C3=S)nc3c2c(C)nn3-c2ccccc2)cc1. The minimum absolute atomic E-state index is 0.0563. The van der Waals surface area contributed by atoms with Crippen LogP contribution in [0, 0.1) is 6.92 Å². The van der Waals surface area contributed by atoms with E-state index in [9.17, 15) is 14.4 Å². The average Bonchev–Trinajstić information content (AvgIpc) is 3.20. The smallest absolute Gasteiger partial charge is 0.245 e. The predicted octanol–water partition coefficient (Wildman–Crippen LogP) is 3.20. The van der Waals surface area contributed by atoms with Crippen LogP contribution in [-0.4, -0.2) is 54.6 Å². The lowest BCUT2D eigenvalue weighted by molar-refractivity contribution is -0.141. The summed E-state index contributed by atoms with van der Waals surface area (Å²) in [6.45, 7) is 3.06. The lowest BCUT2D eigenvalue weighted by atomic mass is 10.1. The van der Waals surface area contributed by atoms with Gasteiger partial charge in [0.2, 0.25) is 23.7 Å². The number of aromatic nitrogens is 4. The van der Waals surface area contributed by atoms with E-state index in [1.807, 2.05) is 49.4 Å². The number of fused-ring (bicyclic) bond motifs is 1. The number of benzene rings is 2. The number of thiocarbonyl (C=S) groups is 1. The summed E-state index contributed by atoms with van der Waals surface area (Å²) < 4.78 is 6.94. The second-order valence-electron chi connectivity index (χ2n) is 8.07. The number of rotatable bonds is 4. The number of anilines is 1. The minimum Gasteiger partial charge on any atom is -0.497 e. The van der Waals surface area contributed by atoms with Gasteiger partial charge in [-0.3, -0.25) is 14.4 Å². The number of hydrogen-bond donors (Lipinski definition) is 0. The van der Waals surface area contributed by atoms with Gasteiger partial charge in [0.1, 0.15) is 12.2 Å². The molecule has 5 rings (SSSR count). The summed E-state index contributed by atoms with van der Waals surface area (Å²) >= 11 is 5.38. The van der Waals surface area contributed by atoms with Gasteiger partial charge in [0.05, 0.1) is 29.6 Å². The van der Waals surface area contributed by atoms with E-state index >= 15 is 0 Å². The summed E-state index contributed by atoms with van der Waals surface area (Å²) in [4.78, 5) is 48.6. The highest BCUT2D eigenvalue weighted by Gasteiger charge is 2.40. The minimum atomic E-state index is -0.685. The third-order valence-corrected chi connectivity index (χ3v) is 6.12. The lowest BCUT2D eigenvalue weighted by Crippen LogP contribution is -2.57. The molecule has 1 saturated heterocycles. The maximum absolute atomic E-state index is 13.0. The van der Waals surface area contributed by atoms with Gasteiger partial charge in [0.25, 0.3) is 0 Å². The van der Waals surface area contributed by atoms with Gasteiger partial charge in [-0.05, 0) is 55.5 Å². The highest BCUT2D eigenvalue weighted by atomic mass is 32.1. The van der Waals surface area contributed by atoms with E-state index in [-0.39, 0.29) is 11.1 Å². The summed E-state index contributed by atoms with van der Waals surface area (Å²) in [6.07, 6.45) is -0.532. The molecule has 1 fully saturated rings. The Bertz CT molecular complexity index is 1550. The molecule has 3 heterocycles. The highest BCUT2D eigenvalue weighted by molar-refractivity contribution is 7.80. The van der Waals surface area contributed by atoms with Crippen LogP contribution in [-0.2, 0) is 14.4 Å². The molecule has 0 spiro atoms. The zero-order chi connectivity index (χ0) is 25.6. The Kier molecular flexibility index (Phi) is 5.77.